The maximum Gasteiger partial charge on any atom is 0.492 e. The van der Waals surface area contributed by atoms with Gasteiger partial charge in [-0.3, -0.25) is 4.79 Å². The minimum absolute atomic E-state index is 0.197. The van der Waals surface area contributed by atoms with Gasteiger partial charge in [0.2, 0.25) is 5.88 Å². The minimum Gasteiger partial charge on any atom is -0.437 e. The Morgan fingerprint density at radius 1 is 1.35 bits per heavy atom. The summed E-state index contributed by atoms with van der Waals surface area (Å²) in [5.41, 5.74) is 1.79. The molecular formula is C17H18BN3O5. The number of nitrogens with zero attached hydrogens (tertiary/aromatic N) is 3. The molecule has 4 rings (SSSR count). The SMILES string of the molecule is Cc1c(Oc2cnc(C(=O)N3CC(C)(O)C3)cn2)ccc2c1B(O)OC2. The number of rotatable bonds is 3. The molecule has 2 aliphatic rings. The average molecular weight is 355 g/mol. The molecule has 1 aromatic carbocycles. The molecule has 2 aliphatic heterocycles. The van der Waals surface area contributed by atoms with Gasteiger partial charge in [0.15, 0.2) is 0 Å². The van der Waals surface area contributed by atoms with Gasteiger partial charge in [0, 0.05) is 0 Å². The number of hydrogen-bond donors (Lipinski definition) is 2. The summed E-state index contributed by atoms with van der Waals surface area (Å²) < 4.78 is 11.0. The van der Waals surface area contributed by atoms with E-state index in [2.05, 4.69) is 9.97 Å². The zero-order valence-electron chi connectivity index (χ0n) is 14.5. The number of β-amino-alcohol motifs (C(OH)–C–C–N with tert-alkyl or cyclic N) is 1. The Bertz CT molecular complexity index is 863. The second kappa shape index (κ2) is 6.05. The maximum absolute atomic E-state index is 12.2. The van der Waals surface area contributed by atoms with Gasteiger partial charge in [0.05, 0.1) is 37.7 Å². The molecule has 0 radical (unpaired) electrons. The predicted octanol–water partition coefficient (Wildman–Crippen LogP) is 0.00182. The molecule has 1 aromatic heterocycles. The minimum atomic E-state index is -0.951. The van der Waals surface area contributed by atoms with Crippen LogP contribution in [-0.2, 0) is 11.3 Å². The zero-order chi connectivity index (χ0) is 18.5. The highest BCUT2D eigenvalue weighted by Crippen LogP contribution is 2.26. The van der Waals surface area contributed by atoms with Crippen molar-refractivity contribution in [3.8, 4) is 11.6 Å². The van der Waals surface area contributed by atoms with E-state index in [0.717, 1.165) is 11.1 Å². The fourth-order valence-electron chi connectivity index (χ4n) is 3.27. The van der Waals surface area contributed by atoms with Gasteiger partial charge in [0.25, 0.3) is 5.91 Å². The molecule has 1 saturated heterocycles. The Kier molecular flexibility index (Phi) is 3.94. The van der Waals surface area contributed by atoms with Crippen LogP contribution in [0.5, 0.6) is 11.6 Å². The Labute approximate surface area is 150 Å². The first-order valence-corrected chi connectivity index (χ1v) is 8.28. The third-order valence-corrected chi connectivity index (χ3v) is 4.61. The monoisotopic (exact) mass is 355 g/mol. The molecule has 0 aliphatic carbocycles. The van der Waals surface area contributed by atoms with Gasteiger partial charge >= 0.3 is 7.12 Å². The number of carbonyl (C=O) groups excluding carboxylic acids is 1. The van der Waals surface area contributed by atoms with Gasteiger partial charge in [-0.15, -0.1) is 0 Å². The molecule has 1 amide bonds. The van der Waals surface area contributed by atoms with Crippen molar-refractivity contribution in [2.45, 2.75) is 26.1 Å². The molecular weight excluding hydrogens is 337 g/mol. The Balaban J connectivity index is 1.49. The molecule has 2 aromatic rings. The van der Waals surface area contributed by atoms with Crippen LogP contribution in [0.4, 0.5) is 0 Å². The second-order valence-corrected chi connectivity index (χ2v) is 6.92. The average Bonchev–Trinajstić information content (AvgIpc) is 2.97. The molecule has 134 valence electrons. The van der Waals surface area contributed by atoms with Crippen LogP contribution in [0.2, 0.25) is 0 Å². The molecule has 0 spiro atoms. The molecule has 0 saturated carbocycles. The van der Waals surface area contributed by atoms with E-state index in [1.54, 1.807) is 13.0 Å². The van der Waals surface area contributed by atoms with Gasteiger partial charge in [0.1, 0.15) is 11.4 Å². The molecule has 3 heterocycles. The lowest BCUT2D eigenvalue weighted by Gasteiger charge is -2.43. The van der Waals surface area contributed by atoms with Crippen LogP contribution < -0.4 is 10.2 Å². The fourth-order valence-corrected chi connectivity index (χ4v) is 3.27. The highest BCUT2D eigenvalue weighted by atomic mass is 16.5. The Morgan fingerprint density at radius 3 is 2.77 bits per heavy atom. The lowest BCUT2D eigenvalue weighted by Crippen LogP contribution is -2.61. The molecule has 1 fully saturated rings. The highest BCUT2D eigenvalue weighted by molar-refractivity contribution is 6.62. The van der Waals surface area contributed by atoms with E-state index in [9.17, 15) is 14.9 Å². The number of aromatic nitrogens is 2. The van der Waals surface area contributed by atoms with Crippen LogP contribution in [0.25, 0.3) is 0 Å². The number of amides is 1. The van der Waals surface area contributed by atoms with Gasteiger partial charge in [-0.25, -0.2) is 9.97 Å². The number of ether oxygens (including phenoxy) is 1. The van der Waals surface area contributed by atoms with Crippen molar-refractivity contribution in [2.75, 3.05) is 13.1 Å². The maximum atomic E-state index is 12.2. The third-order valence-electron chi connectivity index (χ3n) is 4.61. The number of aliphatic hydroxyl groups is 1. The highest BCUT2D eigenvalue weighted by Gasteiger charge is 2.40. The molecule has 8 nitrogen and oxygen atoms in total. The van der Waals surface area contributed by atoms with Crippen molar-refractivity contribution in [1.29, 1.82) is 0 Å². The van der Waals surface area contributed by atoms with Gasteiger partial charge in [-0.2, -0.15) is 0 Å². The van der Waals surface area contributed by atoms with Crippen LogP contribution in [-0.4, -0.2) is 56.7 Å². The van der Waals surface area contributed by atoms with Crippen molar-refractivity contribution in [3.05, 3.63) is 41.3 Å². The van der Waals surface area contributed by atoms with Gasteiger partial charge in [-0.05, 0) is 36.5 Å². The Hall–Kier alpha value is -2.49. The van der Waals surface area contributed by atoms with E-state index in [1.807, 2.05) is 13.0 Å². The third kappa shape index (κ3) is 2.94. The van der Waals surface area contributed by atoms with E-state index < -0.39 is 12.7 Å². The van der Waals surface area contributed by atoms with Crippen LogP contribution in [0.3, 0.4) is 0 Å². The van der Waals surface area contributed by atoms with Crippen molar-refractivity contribution in [2.24, 2.45) is 0 Å². The number of carbonyl (C=O) groups is 1. The summed E-state index contributed by atoms with van der Waals surface area (Å²) in [7, 11) is -0.951. The van der Waals surface area contributed by atoms with Crippen molar-refractivity contribution in [3.63, 3.8) is 0 Å². The van der Waals surface area contributed by atoms with Gasteiger partial charge in [-0.1, -0.05) is 6.07 Å². The molecule has 0 atom stereocenters. The van der Waals surface area contributed by atoms with E-state index in [4.69, 9.17) is 9.39 Å². The van der Waals surface area contributed by atoms with Crippen LogP contribution in [0.15, 0.2) is 24.5 Å². The fraction of sp³-hybridized carbons (Fsp3) is 0.353. The number of benzene rings is 1. The van der Waals surface area contributed by atoms with Crippen LogP contribution in [0.1, 0.15) is 28.5 Å². The topological polar surface area (TPSA) is 105 Å². The lowest BCUT2D eigenvalue weighted by atomic mass is 9.76. The summed E-state index contributed by atoms with van der Waals surface area (Å²) in [6.45, 7) is 4.46. The normalized spacial score (nSPS) is 17.7. The van der Waals surface area contributed by atoms with Crippen LogP contribution >= 0.6 is 0 Å². The summed E-state index contributed by atoms with van der Waals surface area (Å²) in [6, 6.07) is 3.63. The van der Waals surface area contributed by atoms with Crippen molar-refractivity contribution < 1.29 is 24.3 Å². The lowest BCUT2D eigenvalue weighted by molar-refractivity contribution is -0.0670. The zero-order valence-corrected chi connectivity index (χ0v) is 14.5. The first kappa shape index (κ1) is 17.0. The number of likely N-dealkylation sites (tertiary alicyclic amines) is 1. The van der Waals surface area contributed by atoms with Crippen molar-refractivity contribution in [1.82, 2.24) is 14.9 Å². The molecule has 26 heavy (non-hydrogen) atoms. The van der Waals surface area contributed by atoms with Gasteiger partial charge < -0.3 is 24.4 Å². The second-order valence-electron chi connectivity index (χ2n) is 6.92. The largest absolute Gasteiger partial charge is 0.492 e. The molecule has 0 unspecified atom stereocenters. The van der Waals surface area contributed by atoms with E-state index in [0.29, 0.717) is 17.8 Å². The van der Waals surface area contributed by atoms with E-state index in [1.165, 1.54) is 17.3 Å². The molecule has 9 heteroatoms. The summed E-state index contributed by atoms with van der Waals surface area (Å²) in [6.07, 6.45) is 2.73. The number of fused-ring (bicyclic) bond motifs is 1. The predicted molar refractivity (Wildman–Crippen MR) is 92.2 cm³/mol. The summed E-state index contributed by atoms with van der Waals surface area (Å²) in [5, 5.41) is 19.6. The molecule has 0 bridgehead atoms. The quantitative estimate of drug-likeness (QED) is 0.747. The standard InChI is InChI=1S/C17H18BN3O5/c1-10-13(4-3-11-7-25-18(24)15(10)11)26-14-6-19-12(5-20-14)16(22)21-8-17(2,23)9-21/h3-6,23-24H,7-9H2,1-2H3. The van der Waals surface area contributed by atoms with Crippen molar-refractivity contribution >= 4 is 18.5 Å². The first-order valence-electron chi connectivity index (χ1n) is 8.28. The van der Waals surface area contributed by atoms with Crippen LogP contribution in [0, 0.1) is 6.92 Å². The Morgan fingerprint density at radius 2 is 2.12 bits per heavy atom. The van der Waals surface area contributed by atoms with E-state index in [-0.39, 0.29) is 30.6 Å². The smallest absolute Gasteiger partial charge is 0.437 e. The summed E-state index contributed by atoms with van der Waals surface area (Å²) in [4.78, 5) is 22.0. The van der Waals surface area contributed by atoms with E-state index >= 15 is 0 Å². The molecule has 2 N–H and O–H groups in total. The summed E-state index contributed by atoms with van der Waals surface area (Å²) in [5.74, 6) is 0.513. The number of hydrogen-bond acceptors (Lipinski definition) is 7. The summed E-state index contributed by atoms with van der Waals surface area (Å²) >= 11 is 0. The first-order chi connectivity index (χ1) is 12.3.